The van der Waals surface area contributed by atoms with Crippen LogP contribution < -0.4 is 5.73 Å². The van der Waals surface area contributed by atoms with Crippen molar-refractivity contribution in [3.05, 3.63) is 56.5 Å². The molecule has 4 heteroatoms. The van der Waals surface area contributed by atoms with Gasteiger partial charge in [0, 0.05) is 20.8 Å². The van der Waals surface area contributed by atoms with E-state index in [0.717, 1.165) is 18.4 Å². The van der Waals surface area contributed by atoms with E-state index in [0.29, 0.717) is 11.4 Å². The van der Waals surface area contributed by atoms with Gasteiger partial charge in [0.15, 0.2) is 0 Å². The Kier molecular flexibility index (Phi) is 4.97. The smallest absolute Gasteiger partial charge is 0.124 e. The number of hydrogen-bond donors (Lipinski definition) is 1. The van der Waals surface area contributed by atoms with Crippen LogP contribution in [0.4, 0.5) is 4.39 Å². The van der Waals surface area contributed by atoms with Crippen LogP contribution in [0.1, 0.15) is 22.2 Å². The minimum absolute atomic E-state index is 0.00585. The zero-order valence-electron chi connectivity index (χ0n) is 10.8. The van der Waals surface area contributed by atoms with Gasteiger partial charge in [-0.05, 0) is 49.1 Å². The summed E-state index contributed by atoms with van der Waals surface area (Å²) in [6.45, 7) is 2.15. The first-order valence-electron chi connectivity index (χ1n) is 6.35. The molecule has 0 aliphatic heterocycles. The normalized spacial score (nSPS) is 12.6. The molecule has 1 unspecified atom stereocenters. The summed E-state index contributed by atoms with van der Waals surface area (Å²) in [6.07, 6.45) is 2.56. The van der Waals surface area contributed by atoms with Gasteiger partial charge in [-0.15, -0.1) is 11.3 Å². The molecule has 1 heterocycles. The lowest BCUT2D eigenvalue weighted by Crippen LogP contribution is -2.25. The van der Waals surface area contributed by atoms with Crippen molar-refractivity contribution in [1.82, 2.24) is 0 Å². The zero-order chi connectivity index (χ0) is 13.8. The topological polar surface area (TPSA) is 26.0 Å². The van der Waals surface area contributed by atoms with Gasteiger partial charge < -0.3 is 5.73 Å². The van der Waals surface area contributed by atoms with E-state index in [-0.39, 0.29) is 11.9 Å². The minimum Gasteiger partial charge on any atom is -0.327 e. The van der Waals surface area contributed by atoms with Gasteiger partial charge in [-0.3, -0.25) is 0 Å². The van der Waals surface area contributed by atoms with Crippen molar-refractivity contribution in [2.75, 3.05) is 0 Å². The van der Waals surface area contributed by atoms with E-state index in [1.54, 1.807) is 17.4 Å². The van der Waals surface area contributed by atoms with Gasteiger partial charge in [0.1, 0.15) is 5.82 Å². The largest absolute Gasteiger partial charge is 0.327 e. The van der Waals surface area contributed by atoms with E-state index in [2.05, 4.69) is 19.1 Å². The molecular weight excluding hydrogens is 281 g/mol. The van der Waals surface area contributed by atoms with E-state index >= 15 is 0 Å². The third kappa shape index (κ3) is 4.03. The number of benzene rings is 1. The zero-order valence-corrected chi connectivity index (χ0v) is 12.4. The van der Waals surface area contributed by atoms with Crippen LogP contribution in [0.15, 0.2) is 30.3 Å². The standard InChI is InChI=1S/C15H17ClFNS/c1-2-13-5-6-14(19-13)9-12(18)7-10-3-4-11(17)8-15(10)16/h3-6,8,12H,2,7,9,18H2,1H3. The number of rotatable bonds is 5. The molecule has 0 radical (unpaired) electrons. The minimum atomic E-state index is -0.312. The summed E-state index contributed by atoms with van der Waals surface area (Å²) in [5.41, 5.74) is 7.06. The number of nitrogens with two attached hydrogens (primary N) is 1. The van der Waals surface area contributed by atoms with Gasteiger partial charge in [0.2, 0.25) is 0 Å². The lowest BCUT2D eigenvalue weighted by molar-refractivity contribution is 0.624. The summed E-state index contributed by atoms with van der Waals surface area (Å²) in [5, 5.41) is 0.455. The SMILES string of the molecule is CCc1ccc(CC(N)Cc2ccc(F)cc2Cl)s1. The van der Waals surface area contributed by atoms with E-state index < -0.39 is 0 Å². The van der Waals surface area contributed by atoms with Crippen molar-refractivity contribution >= 4 is 22.9 Å². The Morgan fingerprint density at radius 1 is 1.21 bits per heavy atom. The summed E-state index contributed by atoms with van der Waals surface area (Å²) < 4.78 is 13.0. The molecule has 19 heavy (non-hydrogen) atoms. The van der Waals surface area contributed by atoms with Gasteiger partial charge in [-0.25, -0.2) is 4.39 Å². The Labute approximate surface area is 122 Å². The summed E-state index contributed by atoms with van der Waals surface area (Å²) in [5.74, 6) is -0.312. The van der Waals surface area contributed by atoms with E-state index in [9.17, 15) is 4.39 Å². The van der Waals surface area contributed by atoms with Crippen LogP contribution in [0.2, 0.25) is 5.02 Å². The Bertz CT molecular complexity index is 553. The Balaban J connectivity index is 1.98. The highest BCUT2D eigenvalue weighted by atomic mass is 35.5. The first kappa shape index (κ1) is 14.5. The fraction of sp³-hybridized carbons (Fsp3) is 0.333. The summed E-state index contributed by atoms with van der Waals surface area (Å²) in [6, 6.07) is 8.76. The summed E-state index contributed by atoms with van der Waals surface area (Å²) in [4.78, 5) is 2.67. The molecule has 0 aliphatic rings. The average molecular weight is 298 g/mol. The molecule has 1 aromatic heterocycles. The highest BCUT2D eigenvalue weighted by Gasteiger charge is 2.10. The second-order valence-corrected chi connectivity index (χ2v) is 6.29. The van der Waals surface area contributed by atoms with E-state index in [1.165, 1.54) is 21.9 Å². The van der Waals surface area contributed by atoms with Gasteiger partial charge >= 0.3 is 0 Å². The second kappa shape index (κ2) is 6.51. The van der Waals surface area contributed by atoms with E-state index in [1.807, 2.05) is 0 Å². The maximum Gasteiger partial charge on any atom is 0.124 e. The maximum atomic E-state index is 13.0. The molecule has 0 spiro atoms. The summed E-state index contributed by atoms with van der Waals surface area (Å²) in [7, 11) is 0. The number of hydrogen-bond acceptors (Lipinski definition) is 2. The molecule has 0 fully saturated rings. The number of thiophene rings is 1. The third-order valence-corrected chi connectivity index (χ3v) is 4.63. The van der Waals surface area contributed by atoms with Crippen molar-refractivity contribution in [1.29, 1.82) is 0 Å². The molecule has 2 rings (SSSR count). The fourth-order valence-electron chi connectivity index (χ4n) is 2.02. The van der Waals surface area contributed by atoms with Gasteiger partial charge in [-0.1, -0.05) is 24.6 Å². The van der Waals surface area contributed by atoms with Crippen LogP contribution in [0.5, 0.6) is 0 Å². The molecule has 1 aromatic carbocycles. The van der Waals surface area contributed by atoms with Crippen LogP contribution in [-0.4, -0.2) is 6.04 Å². The first-order valence-corrected chi connectivity index (χ1v) is 7.55. The van der Waals surface area contributed by atoms with Crippen LogP contribution in [0.3, 0.4) is 0 Å². The monoisotopic (exact) mass is 297 g/mol. The van der Waals surface area contributed by atoms with Gasteiger partial charge in [-0.2, -0.15) is 0 Å². The highest BCUT2D eigenvalue weighted by molar-refractivity contribution is 7.11. The van der Waals surface area contributed by atoms with Crippen LogP contribution in [-0.2, 0) is 19.3 Å². The molecule has 0 bridgehead atoms. The molecule has 1 nitrogen and oxygen atoms in total. The number of halogens is 2. The molecule has 0 saturated carbocycles. The average Bonchev–Trinajstić information content (AvgIpc) is 2.80. The lowest BCUT2D eigenvalue weighted by Gasteiger charge is -2.11. The van der Waals surface area contributed by atoms with Crippen molar-refractivity contribution in [2.24, 2.45) is 5.73 Å². The van der Waals surface area contributed by atoms with Gasteiger partial charge in [0.25, 0.3) is 0 Å². The summed E-state index contributed by atoms with van der Waals surface area (Å²) >= 11 is 7.82. The maximum absolute atomic E-state index is 13.0. The predicted molar refractivity (Wildman–Crippen MR) is 80.5 cm³/mol. The molecule has 102 valence electrons. The van der Waals surface area contributed by atoms with Crippen LogP contribution in [0, 0.1) is 5.82 Å². The molecule has 0 aliphatic carbocycles. The number of aryl methyl sites for hydroxylation is 1. The fourth-order valence-corrected chi connectivity index (χ4v) is 3.32. The highest BCUT2D eigenvalue weighted by Crippen LogP contribution is 2.22. The van der Waals surface area contributed by atoms with Crippen molar-refractivity contribution in [3.63, 3.8) is 0 Å². The molecule has 0 amide bonds. The van der Waals surface area contributed by atoms with Gasteiger partial charge in [0.05, 0.1) is 0 Å². The molecular formula is C15H17ClFNS. The van der Waals surface area contributed by atoms with Crippen molar-refractivity contribution in [3.8, 4) is 0 Å². The second-order valence-electron chi connectivity index (χ2n) is 4.63. The van der Waals surface area contributed by atoms with Crippen molar-refractivity contribution in [2.45, 2.75) is 32.2 Å². The Morgan fingerprint density at radius 3 is 2.58 bits per heavy atom. The van der Waals surface area contributed by atoms with Crippen LogP contribution >= 0.6 is 22.9 Å². The predicted octanol–water partition coefficient (Wildman–Crippen LogP) is 4.22. The quantitative estimate of drug-likeness (QED) is 0.879. The lowest BCUT2D eigenvalue weighted by atomic mass is 10.0. The third-order valence-electron chi connectivity index (χ3n) is 3.03. The molecule has 0 saturated heterocycles. The van der Waals surface area contributed by atoms with Crippen molar-refractivity contribution < 1.29 is 4.39 Å². The Morgan fingerprint density at radius 2 is 1.95 bits per heavy atom. The van der Waals surface area contributed by atoms with E-state index in [4.69, 9.17) is 17.3 Å². The Hall–Kier alpha value is -0.900. The molecule has 2 aromatic rings. The molecule has 2 N–H and O–H groups in total. The molecule has 1 atom stereocenters. The van der Waals surface area contributed by atoms with Crippen LogP contribution in [0.25, 0.3) is 0 Å². The first-order chi connectivity index (χ1) is 9.08.